The number of para-hydroxylation sites is 1. The van der Waals surface area contributed by atoms with Crippen molar-refractivity contribution in [1.82, 2.24) is 5.43 Å². The van der Waals surface area contributed by atoms with E-state index in [-0.39, 0.29) is 6.61 Å². The van der Waals surface area contributed by atoms with Gasteiger partial charge in [-0.2, -0.15) is 5.10 Å². The summed E-state index contributed by atoms with van der Waals surface area (Å²) < 4.78 is 10.6. The van der Waals surface area contributed by atoms with Crippen LogP contribution < -0.4 is 20.0 Å². The number of nitrogens with one attached hydrogen (secondary N) is 1. The maximum absolute atomic E-state index is 11.9. The first kappa shape index (κ1) is 18.9. The van der Waals surface area contributed by atoms with Crippen LogP contribution in [0.5, 0.6) is 11.5 Å². The summed E-state index contributed by atoms with van der Waals surface area (Å²) in [6.45, 7) is -0.769. The van der Waals surface area contributed by atoms with Gasteiger partial charge < -0.3 is 19.4 Å². The maximum atomic E-state index is 11.9. The molecule has 0 spiro atoms. The van der Waals surface area contributed by atoms with E-state index in [1.807, 2.05) is 36.4 Å². The Morgan fingerprint density at radius 3 is 2.50 bits per heavy atom. The van der Waals surface area contributed by atoms with Crippen molar-refractivity contribution in [2.45, 2.75) is 0 Å². The van der Waals surface area contributed by atoms with Crippen LogP contribution in [0, 0.1) is 0 Å². The van der Waals surface area contributed by atoms with Crippen LogP contribution >= 0.6 is 0 Å². The van der Waals surface area contributed by atoms with Crippen molar-refractivity contribution in [3.63, 3.8) is 0 Å². The number of hydrazone groups is 1. The van der Waals surface area contributed by atoms with Crippen molar-refractivity contribution in [2.24, 2.45) is 5.10 Å². The van der Waals surface area contributed by atoms with Crippen molar-refractivity contribution >= 4 is 28.9 Å². The molecule has 0 aliphatic rings. The van der Waals surface area contributed by atoms with Gasteiger partial charge in [-0.3, -0.25) is 4.79 Å². The van der Waals surface area contributed by atoms with Crippen molar-refractivity contribution < 1.29 is 24.2 Å². The fourth-order valence-electron chi connectivity index (χ4n) is 2.47. The summed E-state index contributed by atoms with van der Waals surface area (Å²) in [5.74, 6) is -0.862. The number of carboxylic acids is 1. The third kappa shape index (κ3) is 5.31. The summed E-state index contributed by atoms with van der Waals surface area (Å²) >= 11 is 0. The molecule has 0 atom stereocenters. The van der Waals surface area contributed by atoms with Crippen LogP contribution in [-0.2, 0) is 9.59 Å². The monoisotopic (exact) mass is 377 g/mol. The Labute approximate surface area is 161 Å². The molecule has 3 rings (SSSR count). The number of nitrogens with zero attached hydrogens (tertiary/aromatic N) is 1. The zero-order valence-corrected chi connectivity index (χ0v) is 14.8. The zero-order valence-electron chi connectivity index (χ0n) is 14.8. The van der Waals surface area contributed by atoms with Crippen LogP contribution in [0.4, 0.5) is 0 Å². The smallest absolute Gasteiger partial charge is 0.277 e. The fraction of sp³-hybridized carbons (Fsp3) is 0.0952. The molecule has 0 radical (unpaired) electrons. The Kier molecular flexibility index (Phi) is 6.20. The summed E-state index contributed by atoms with van der Waals surface area (Å²) in [6.07, 6.45) is 1.36. The standard InChI is InChI=1S/C21H18N2O5/c24-20(13-27-18-10-9-15-5-1-2-6-16(15)11-18)23-22-12-17-7-3-4-8-19(17)28-14-21(25)26/h1-12H,13-14H2,(H,23,24)(H,25,26)/p-1. The lowest BCUT2D eigenvalue weighted by Gasteiger charge is -2.09. The molecule has 7 heteroatoms. The molecule has 7 nitrogen and oxygen atoms in total. The number of ether oxygens (including phenoxy) is 2. The van der Waals surface area contributed by atoms with Crippen molar-refractivity contribution in [3.8, 4) is 11.5 Å². The SMILES string of the molecule is O=C([O-])COc1ccccc1C=NNC(=O)COc1ccc2ccccc2c1. The summed E-state index contributed by atoms with van der Waals surface area (Å²) in [5.41, 5.74) is 2.87. The third-order valence-corrected chi connectivity index (χ3v) is 3.75. The van der Waals surface area contributed by atoms with Gasteiger partial charge in [-0.25, -0.2) is 5.43 Å². The quantitative estimate of drug-likeness (QED) is 0.474. The molecule has 1 amide bonds. The van der Waals surface area contributed by atoms with Gasteiger partial charge in [0.05, 0.1) is 12.2 Å². The van der Waals surface area contributed by atoms with Gasteiger partial charge in [0.15, 0.2) is 6.61 Å². The van der Waals surface area contributed by atoms with Gasteiger partial charge in [0, 0.05) is 5.56 Å². The molecule has 3 aromatic carbocycles. The third-order valence-electron chi connectivity index (χ3n) is 3.75. The molecule has 0 aliphatic carbocycles. The number of carbonyl (C=O) groups excluding carboxylic acids is 2. The number of carboxylic acid groups (broad SMARTS) is 1. The number of amides is 1. The minimum absolute atomic E-state index is 0.196. The Balaban J connectivity index is 1.53. The minimum atomic E-state index is -1.33. The predicted octanol–water partition coefficient (Wildman–Crippen LogP) is 1.50. The van der Waals surface area contributed by atoms with Crippen molar-refractivity contribution in [2.75, 3.05) is 13.2 Å². The number of rotatable bonds is 8. The molecule has 1 N–H and O–H groups in total. The Hall–Kier alpha value is -3.87. The average molecular weight is 377 g/mol. The van der Waals surface area contributed by atoms with Gasteiger partial charge in [-0.05, 0) is 35.0 Å². The molecule has 28 heavy (non-hydrogen) atoms. The van der Waals surface area contributed by atoms with Gasteiger partial charge in [-0.1, -0.05) is 42.5 Å². The van der Waals surface area contributed by atoms with Gasteiger partial charge in [0.2, 0.25) is 0 Å². The normalized spacial score (nSPS) is 10.7. The highest BCUT2D eigenvalue weighted by Gasteiger charge is 2.04. The highest BCUT2D eigenvalue weighted by Crippen LogP contribution is 2.20. The number of benzene rings is 3. The number of hydrogen-bond acceptors (Lipinski definition) is 6. The minimum Gasteiger partial charge on any atom is -0.546 e. The second kappa shape index (κ2) is 9.18. The van der Waals surface area contributed by atoms with E-state index in [1.165, 1.54) is 6.21 Å². The van der Waals surface area contributed by atoms with Crippen LogP contribution in [-0.4, -0.2) is 31.3 Å². The molecule has 142 valence electrons. The second-order valence-electron chi connectivity index (χ2n) is 5.79. The Bertz CT molecular complexity index is 1020. The number of aliphatic carboxylic acids is 1. The van der Waals surface area contributed by atoms with E-state index >= 15 is 0 Å². The molecular formula is C21H17N2O5-. The molecule has 0 saturated carbocycles. The molecule has 0 aliphatic heterocycles. The lowest BCUT2D eigenvalue weighted by molar-refractivity contribution is -0.307. The van der Waals surface area contributed by atoms with E-state index in [1.54, 1.807) is 30.3 Å². The van der Waals surface area contributed by atoms with Gasteiger partial charge in [0.25, 0.3) is 5.91 Å². The lowest BCUT2D eigenvalue weighted by atomic mass is 10.1. The largest absolute Gasteiger partial charge is 0.546 e. The number of hydrogen-bond donors (Lipinski definition) is 1. The van der Waals surface area contributed by atoms with Crippen LogP contribution in [0.25, 0.3) is 10.8 Å². The second-order valence-corrected chi connectivity index (χ2v) is 5.79. The zero-order chi connectivity index (χ0) is 19.8. The topological polar surface area (TPSA) is 100 Å². The molecule has 0 bridgehead atoms. The Morgan fingerprint density at radius 2 is 1.68 bits per heavy atom. The van der Waals surface area contributed by atoms with Gasteiger partial charge in [0.1, 0.15) is 18.1 Å². The van der Waals surface area contributed by atoms with Crippen LogP contribution in [0.2, 0.25) is 0 Å². The number of carbonyl (C=O) groups is 2. The molecule has 0 heterocycles. The highest BCUT2D eigenvalue weighted by atomic mass is 16.5. The summed E-state index contributed by atoms with van der Waals surface area (Å²) in [6, 6.07) is 20.1. The van der Waals surface area contributed by atoms with E-state index in [0.29, 0.717) is 17.1 Å². The predicted molar refractivity (Wildman–Crippen MR) is 102 cm³/mol. The summed E-state index contributed by atoms with van der Waals surface area (Å²) in [5, 5.41) is 16.5. The number of fused-ring (bicyclic) bond motifs is 1. The average Bonchev–Trinajstić information content (AvgIpc) is 2.71. The maximum Gasteiger partial charge on any atom is 0.277 e. The first-order valence-corrected chi connectivity index (χ1v) is 8.47. The van der Waals surface area contributed by atoms with Gasteiger partial charge >= 0.3 is 0 Å². The fourth-order valence-corrected chi connectivity index (χ4v) is 2.47. The molecule has 0 unspecified atom stereocenters. The Morgan fingerprint density at radius 1 is 0.929 bits per heavy atom. The molecule has 0 aromatic heterocycles. The van der Waals surface area contributed by atoms with E-state index < -0.39 is 18.5 Å². The summed E-state index contributed by atoms with van der Waals surface area (Å²) in [7, 11) is 0. The molecule has 0 fully saturated rings. The van der Waals surface area contributed by atoms with E-state index in [0.717, 1.165) is 10.8 Å². The first-order chi connectivity index (χ1) is 13.6. The van der Waals surface area contributed by atoms with Gasteiger partial charge in [-0.15, -0.1) is 0 Å². The van der Waals surface area contributed by atoms with Crippen LogP contribution in [0.15, 0.2) is 71.8 Å². The highest BCUT2D eigenvalue weighted by molar-refractivity contribution is 5.86. The molecular weight excluding hydrogens is 360 g/mol. The van der Waals surface area contributed by atoms with Crippen LogP contribution in [0.1, 0.15) is 5.56 Å². The van der Waals surface area contributed by atoms with E-state index in [4.69, 9.17) is 9.47 Å². The molecule has 0 saturated heterocycles. The van der Waals surface area contributed by atoms with Crippen molar-refractivity contribution in [1.29, 1.82) is 0 Å². The van der Waals surface area contributed by atoms with Crippen LogP contribution in [0.3, 0.4) is 0 Å². The first-order valence-electron chi connectivity index (χ1n) is 8.47. The molecule has 3 aromatic rings. The van der Waals surface area contributed by atoms with E-state index in [9.17, 15) is 14.7 Å². The van der Waals surface area contributed by atoms with E-state index in [2.05, 4.69) is 10.5 Å². The summed E-state index contributed by atoms with van der Waals surface area (Å²) in [4.78, 5) is 22.4. The lowest BCUT2D eigenvalue weighted by Crippen LogP contribution is -2.29. The van der Waals surface area contributed by atoms with Crippen molar-refractivity contribution in [3.05, 3.63) is 72.3 Å².